The molecule has 0 radical (unpaired) electrons. The van der Waals surface area contributed by atoms with Crippen molar-refractivity contribution >= 4 is 5.71 Å². The number of hydrogen-bond donors (Lipinski definition) is 0. The first-order valence-electron chi connectivity index (χ1n) is 10.8. The molecule has 3 atom stereocenters. The van der Waals surface area contributed by atoms with Crippen molar-refractivity contribution in [1.82, 2.24) is 4.90 Å². The van der Waals surface area contributed by atoms with E-state index in [0.717, 1.165) is 37.9 Å². The summed E-state index contributed by atoms with van der Waals surface area (Å²) in [5, 5.41) is 0. The standard InChI is InChI=1S/C26H33F3N2/c1-6-20-13-15-22(16-14-20)21(7-2)18-31(9-4)25(8-3)30-19(5)23-11-10-12-24(17-23)26(27,28)29/h6,9-13,15-17,20-21,25H,1,4,7-8,14,18H2,2-3,5H3/b30-19+. The number of nitrogens with zero attached hydrogens (tertiary/aromatic N) is 2. The quantitative estimate of drug-likeness (QED) is 0.279. The number of hydrogen-bond acceptors (Lipinski definition) is 2. The van der Waals surface area contributed by atoms with Crippen LogP contribution in [0.1, 0.15) is 51.2 Å². The van der Waals surface area contributed by atoms with Crippen LogP contribution in [-0.2, 0) is 6.18 Å². The summed E-state index contributed by atoms with van der Waals surface area (Å²) >= 11 is 0. The fourth-order valence-corrected chi connectivity index (χ4v) is 3.79. The van der Waals surface area contributed by atoms with E-state index in [-0.39, 0.29) is 6.17 Å². The van der Waals surface area contributed by atoms with Gasteiger partial charge in [-0.05, 0) is 61.6 Å². The number of rotatable bonds is 10. The lowest BCUT2D eigenvalue weighted by molar-refractivity contribution is -0.137. The maximum Gasteiger partial charge on any atom is 0.416 e. The summed E-state index contributed by atoms with van der Waals surface area (Å²) < 4.78 is 39.2. The van der Waals surface area contributed by atoms with Gasteiger partial charge >= 0.3 is 6.18 Å². The Morgan fingerprint density at radius 2 is 2.00 bits per heavy atom. The molecule has 31 heavy (non-hydrogen) atoms. The number of allylic oxidation sites excluding steroid dienone is 4. The van der Waals surface area contributed by atoms with Gasteiger partial charge in [-0.15, -0.1) is 6.58 Å². The molecule has 0 fully saturated rings. The van der Waals surface area contributed by atoms with Crippen molar-refractivity contribution in [1.29, 1.82) is 0 Å². The van der Waals surface area contributed by atoms with Crippen LogP contribution in [0.15, 0.2) is 78.5 Å². The zero-order valence-electron chi connectivity index (χ0n) is 18.7. The third kappa shape index (κ3) is 6.71. The molecule has 168 valence electrons. The predicted molar refractivity (Wildman–Crippen MR) is 124 cm³/mol. The number of benzene rings is 1. The van der Waals surface area contributed by atoms with Gasteiger partial charge in [0.15, 0.2) is 0 Å². The predicted octanol–water partition coefficient (Wildman–Crippen LogP) is 7.41. The Labute approximate surface area is 184 Å². The van der Waals surface area contributed by atoms with Crippen LogP contribution in [0.25, 0.3) is 0 Å². The van der Waals surface area contributed by atoms with E-state index in [1.54, 1.807) is 19.2 Å². The molecule has 0 saturated heterocycles. The Bertz CT molecular complexity index is 848. The van der Waals surface area contributed by atoms with Crippen molar-refractivity contribution in [3.63, 3.8) is 0 Å². The first-order chi connectivity index (χ1) is 14.7. The molecular weight excluding hydrogens is 397 g/mol. The summed E-state index contributed by atoms with van der Waals surface area (Å²) in [5.74, 6) is 0.720. The van der Waals surface area contributed by atoms with E-state index in [0.29, 0.717) is 23.1 Å². The van der Waals surface area contributed by atoms with E-state index in [1.165, 1.54) is 11.6 Å². The van der Waals surface area contributed by atoms with Crippen LogP contribution in [0.3, 0.4) is 0 Å². The van der Waals surface area contributed by atoms with Crippen molar-refractivity contribution < 1.29 is 13.2 Å². The third-order valence-electron chi connectivity index (χ3n) is 5.79. The van der Waals surface area contributed by atoms with Crippen molar-refractivity contribution in [2.75, 3.05) is 6.54 Å². The van der Waals surface area contributed by atoms with Gasteiger partial charge in [0.2, 0.25) is 0 Å². The fourth-order valence-electron chi connectivity index (χ4n) is 3.79. The number of alkyl halides is 3. The van der Waals surface area contributed by atoms with Gasteiger partial charge in [0.05, 0.1) is 5.56 Å². The molecule has 2 rings (SSSR count). The molecule has 0 heterocycles. The zero-order chi connectivity index (χ0) is 23.0. The summed E-state index contributed by atoms with van der Waals surface area (Å²) in [6.07, 6.45) is 8.52. The molecule has 3 unspecified atom stereocenters. The molecule has 2 nitrogen and oxygen atoms in total. The second-order valence-corrected chi connectivity index (χ2v) is 7.86. The topological polar surface area (TPSA) is 15.6 Å². The molecular formula is C26H33F3N2. The molecule has 0 aromatic heterocycles. The van der Waals surface area contributed by atoms with E-state index in [4.69, 9.17) is 4.99 Å². The van der Waals surface area contributed by atoms with Crippen LogP contribution in [0.4, 0.5) is 13.2 Å². The van der Waals surface area contributed by atoms with Crippen molar-refractivity contribution in [2.24, 2.45) is 16.8 Å². The SMILES string of the molecule is C=CC1C=CC(C(CC)CN(C=C)C(CC)/N=C(\C)c2cccc(C(F)(F)F)c2)=CC1. The second kappa shape index (κ2) is 11.2. The number of aliphatic imine (C=N–C) groups is 1. The third-order valence-corrected chi connectivity index (χ3v) is 5.79. The maximum absolute atomic E-state index is 13.1. The van der Waals surface area contributed by atoms with Crippen LogP contribution in [0.2, 0.25) is 0 Å². The second-order valence-electron chi connectivity index (χ2n) is 7.86. The summed E-state index contributed by atoms with van der Waals surface area (Å²) in [7, 11) is 0. The van der Waals surface area contributed by atoms with Crippen molar-refractivity contribution in [3.8, 4) is 0 Å². The summed E-state index contributed by atoms with van der Waals surface area (Å²) in [6, 6.07) is 5.33. The largest absolute Gasteiger partial charge is 0.416 e. The van der Waals surface area contributed by atoms with Gasteiger partial charge in [-0.2, -0.15) is 13.2 Å². The summed E-state index contributed by atoms with van der Waals surface area (Å²) in [6.45, 7) is 14.5. The lowest BCUT2D eigenvalue weighted by atomic mass is 9.88. The first-order valence-corrected chi connectivity index (χ1v) is 10.8. The van der Waals surface area contributed by atoms with E-state index in [2.05, 4.69) is 43.2 Å². The molecule has 0 spiro atoms. The van der Waals surface area contributed by atoms with Crippen molar-refractivity contribution in [3.05, 3.63) is 84.6 Å². The molecule has 0 aliphatic heterocycles. The fraction of sp³-hybridized carbons (Fsp3) is 0.423. The average Bonchev–Trinajstić information content (AvgIpc) is 2.78. The van der Waals surface area contributed by atoms with E-state index in [9.17, 15) is 13.2 Å². The average molecular weight is 431 g/mol. The van der Waals surface area contributed by atoms with Crippen LogP contribution >= 0.6 is 0 Å². The van der Waals surface area contributed by atoms with Gasteiger partial charge < -0.3 is 4.90 Å². The lowest BCUT2D eigenvalue weighted by Crippen LogP contribution is -2.34. The minimum atomic E-state index is -4.37. The van der Waals surface area contributed by atoms with Crippen molar-refractivity contribution in [2.45, 2.75) is 52.4 Å². The lowest BCUT2D eigenvalue weighted by Gasteiger charge is -2.32. The maximum atomic E-state index is 13.1. The highest BCUT2D eigenvalue weighted by Gasteiger charge is 2.30. The first kappa shape index (κ1) is 24.7. The highest BCUT2D eigenvalue weighted by molar-refractivity contribution is 5.99. The Morgan fingerprint density at radius 1 is 1.26 bits per heavy atom. The summed E-state index contributed by atoms with van der Waals surface area (Å²) in [4.78, 5) is 6.87. The molecule has 1 aromatic carbocycles. The van der Waals surface area contributed by atoms with Crippen LogP contribution in [-0.4, -0.2) is 23.3 Å². The number of halogens is 3. The molecule has 1 aliphatic carbocycles. The minimum absolute atomic E-state index is 0.185. The normalized spacial score (nSPS) is 18.8. The van der Waals surface area contributed by atoms with Crippen LogP contribution in [0.5, 0.6) is 0 Å². The van der Waals surface area contributed by atoms with Crippen LogP contribution in [0, 0.1) is 11.8 Å². The smallest absolute Gasteiger partial charge is 0.356 e. The summed E-state index contributed by atoms with van der Waals surface area (Å²) in [5.41, 5.74) is 1.72. The Balaban J connectivity index is 2.20. The molecule has 1 aromatic rings. The Kier molecular flexibility index (Phi) is 8.90. The minimum Gasteiger partial charge on any atom is -0.356 e. The van der Waals surface area contributed by atoms with Gasteiger partial charge in [0.1, 0.15) is 6.17 Å². The molecule has 1 aliphatic rings. The highest BCUT2D eigenvalue weighted by Crippen LogP contribution is 2.30. The molecule has 5 heteroatoms. The van der Waals surface area contributed by atoms with Gasteiger partial charge in [0, 0.05) is 18.2 Å². The molecule has 0 N–H and O–H groups in total. The van der Waals surface area contributed by atoms with E-state index < -0.39 is 11.7 Å². The highest BCUT2D eigenvalue weighted by atomic mass is 19.4. The monoisotopic (exact) mass is 430 g/mol. The van der Waals surface area contributed by atoms with Crippen LogP contribution < -0.4 is 0 Å². The van der Waals surface area contributed by atoms with Gasteiger partial charge in [-0.25, -0.2) is 0 Å². The Hall–Kier alpha value is -2.56. The van der Waals surface area contributed by atoms with E-state index in [1.807, 2.05) is 13.0 Å². The molecule has 0 amide bonds. The van der Waals surface area contributed by atoms with Gasteiger partial charge in [0.25, 0.3) is 0 Å². The van der Waals surface area contributed by atoms with Gasteiger partial charge in [-0.3, -0.25) is 4.99 Å². The Morgan fingerprint density at radius 3 is 2.52 bits per heavy atom. The zero-order valence-corrected chi connectivity index (χ0v) is 18.7. The molecule has 0 bridgehead atoms. The van der Waals surface area contributed by atoms with Gasteiger partial charge in [-0.1, -0.05) is 56.9 Å². The molecule has 0 saturated carbocycles. The van der Waals surface area contributed by atoms with E-state index >= 15 is 0 Å².